The van der Waals surface area contributed by atoms with Crippen LogP contribution in [-0.4, -0.2) is 25.2 Å². The van der Waals surface area contributed by atoms with Gasteiger partial charge in [0.2, 0.25) is 0 Å². The van der Waals surface area contributed by atoms with Crippen molar-refractivity contribution in [1.29, 1.82) is 0 Å². The zero-order valence-electron chi connectivity index (χ0n) is 5.99. The molecule has 1 unspecified atom stereocenters. The van der Waals surface area contributed by atoms with E-state index in [0.717, 1.165) is 0 Å². The first-order valence-electron chi connectivity index (χ1n) is 2.98. The van der Waals surface area contributed by atoms with E-state index in [1.54, 1.807) is 6.92 Å². The number of hydrogen-bond donors (Lipinski definition) is 0. The Morgan fingerprint density at radius 1 is 1.70 bits per heavy atom. The number of rotatable bonds is 4. The van der Waals surface area contributed by atoms with Gasteiger partial charge in [-0.05, 0) is 13.8 Å². The minimum absolute atomic E-state index is 0.224. The van der Waals surface area contributed by atoms with Crippen LogP contribution in [0.5, 0.6) is 0 Å². The van der Waals surface area contributed by atoms with Gasteiger partial charge in [0.05, 0.1) is 6.61 Å². The molecular formula is C6H10O4. The van der Waals surface area contributed by atoms with Gasteiger partial charge in [-0.1, -0.05) is 0 Å². The second kappa shape index (κ2) is 4.78. The van der Waals surface area contributed by atoms with Crippen LogP contribution in [0.4, 0.5) is 0 Å². The Balaban J connectivity index is 3.58. The lowest BCUT2D eigenvalue weighted by atomic mass is 10.4. The van der Waals surface area contributed by atoms with E-state index in [0.29, 0.717) is 6.61 Å². The molecule has 0 amide bonds. The van der Waals surface area contributed by atoms with Crippen molar-refractivity contribution in [3.8, 4) is 0 Å². The van der Waals surface area contributed by atoms with Gasteiger partial charge in [0, 0.05) is 0 Å². The average molecular weight is 146 g/mol. The predicted molar refractivity (Wildman–Crippen MR) is 33.2 cm³/mol. The lowest BCUT2D eigenvalue weighted by Gasteiger charge is -2.06. The molecule has 0 heterocycles. The van der Waals surface area contributed by atoms with E-state index in [-0.39, 0.29) is 6.47 Å². The molecule has 0 aliphatic rings. The fourth-order valence-corrected chi connectivity index (χ4v) is 0.399. The second-order valence-electron chi connectivity index (χ2n) is 1.63. The summed E-state index contributed by atoms with van der Waals surface area (Å²) in [5.74, 6) is -0.519. The normalized spacial score (nSPS) is 11.8. The molecule has 0 N–H and O–H groups in total. The van der Waals surface area contributed by atoms with Crippen LogP contribution in [-0.2, 0) is 19.1 Å². The summed E-state index contributed by atoms with van der Waals surface area (Å²) in [7, 11) is 0. The van der Waals surface area contributed by atoms with Crippen molar-refractivity contribution in [2.45, 2.75) is 20.0 Å². The summed E-state index contributed by atoms with van der Waals surface area (Å²) in [6.45, 7) is 3.66. The molecule has 1 atom stereocenters. The summed E-state index contributed by atoms with van der Waals surface area (Å²) >= 11 is 0. The minimum Gasteiger partial charge on any atom is -0.463 e. The number of carbonyl (C=O) groups is 2. The van der Waals surface area contributed by atoms with Gasteiger partial charge in [-0.15, -0.1) is 0 Å². The standard InChI is InChI=1S/C6H10O4/c1-3-9-6(8)5(2)10-4-7/h4-5H,3H2,1-2H3. The molecule has 4 nitrogen and oxygen atoms in total. The monoisotopic (exact) mass is 146 g/mol. The fraction of sp³-hybridized carbons (Fsp3) is 0.667. The van der Waals surface area contributed by atoms with Crippen molar-refractivity contribution in [1.82, 2.24) is 0 Å². The Bertz CT molecular complexity index is 121. The molecule has 0 bridgehead atoms. The number of ether oxygens (including phenoxy) is 2. The van der Waals surface area contributed by atoms with Gasteiger partial charge < -0.3 is 9.47 Å². The van der Waals surface area contributed by atoms with Gasteiger partial charge in [0.25, 0.3) is 6.47 Å². The first kappa shape index (κ1) is 8.94. The molecule has 4 heteroatoms. The van der Waals surface area contributed by atoms with E-state index in [1.807, 2.05) is 0 Å². The summed E-state index contributed by atoms with van der Waals surface area (Å²) in [4.78, 5) is 20.3. The minimum atomic E-state index is -0.794. The highest BCUT2D eigenvalue weighted by atomic mass is 16.6. The van der Waals surface area contributed by atoms with Crippen LogP contribution in [0, 0.1) is 0 Å². The van der Waals surface area contributed by atoms with Gasteiger partial charge in [-0.3, -0.25) is 4.79 Å². The lowest BCUT2D eigenvalue weighted by Crippen LogP contribution is -2.22. The van der Waals surface area contributed by atoms with Crippen LogP contribution in [0.3, 0.4) is 0 Å². The SMILES string of the molecule is CCOC(=O)C(C)OC=O. The van der Waals surface area contributed by atoms with Gasteiger partial charge in [-0.25, -0.2) is 4.79 Å². The smallest absolute Gasteiger partial charge is 0.347 e. The highest BCUT2D eigenvalue weighted by Crippen LogP contribution is 1.91. The van der Waals surface area contributed by atoms with Crippen molar-refractivity contribution in [2.24, 2.45) is 0 Å². The van der Waals surface area contributed by atoms with E-state index >= 15 is 0 Å². The molecule has 0 saturated carbocycles. The number of esters is 1. The summed E-state index contributed by atoms with van der Waals surface area (Å²) in [6.07, 6.45) is -0.794. The van der Waals surface area contributed by atoms with Crippen molar-refractivity contribution in [3.05, 3.63) is 0 Å². The number of hydrogen-bond acceptors (Lipinski definition) is 4. The van der Waals surface area contributed by atoms with Gasteiger partial charge in [0.15, 0.2) is 6.10 Å². The molecule has 10 heavy (non-hydrogen) atoms. The fourth-order valence-electron chi connectivity index (χ4n) is 0.399. The number of carbonyl (C=O) groups excluding carboxylic acids is 2. The average Bonchev–Trinajstić information content (AvgIpc) is 1.89. The zero-order valence-corrected chi connectivity index (χ0v) is 5.99. The Labute approximate surface area is 59.1 Å². The van der Waals surface area contributed by atoms with Gasteiger partial charge >= 0.3 is 5.97 Å². The molecule has 58 valence electrons. The quantitative estimate of drug-likeness (QED) is 0.417. The van der Waals surface area contributed by atoms with Crippen LogP contribution in [0.1, 0.15) is 13.8 Å². The summed E-state index contributed by atoms with van der Waals surface area (Å²) in [5.41, 5.74) is 0. The molecular weight excluding hydrogens is 136 g/mol. The molecule has 0 radical (unpaired) electrons. The second-order valence-corrected chi connectivity index (χ2v) is 1.63. The highest BCUT2D eigenvalue weighted by Gasteiger charge is 2.13. The summed E-state index contributed by atoms with van der Waals surface area (Å²) in [6, 6.07) is 0. The molecule has 0 aromatic heterocycles. The maximum atomic E-state index is 10.6. The first-order valence-corrected chi connectivity index (χ1v) is 2.98. The Morgan fingerprint density at radius 3 is 2.70 bits per heavy atom. The van der Waals surface area contributed by atoms with E-state index in [2.05, 4.69) is 9.47 Å². The molecule has 0 aromatic rings. The molecule has 0 aliphatic heterocycles. The van der Waals surface area contributed by atoms with E-state index < -0.39 is 12.1 Å². The predicted octanol–water partition coefficient (Wildman–Crippen LogP) is 0.111. The Kier molecular flexibility index (Phi) is 4.28. The molecule has 0 spiro atoms. The van der Waals surface area contributed by atoms with Crippen LogP contribution in [0.15, 0.2) is 0 Å². The van der Waals surface area contributed by atoms with Crippen LogP contribution >= 0.6 is 0 Å². The van der Waals surface area contributed by atoms with E-state index in [1.165, 1.54) is 6.92 Å². The van der Waals surface area contributed by atoms with Crippen LogP contribution in [0.25, 0.3) is 0 Å². The third kappa shape index (κ3) is 3.06. The molecule has 0 aromatic carbocycles. The lowest BCUT2D eigenvalue weighted by molar-refractivity contribution is -0.159. The maximum absolute atomic E-state index is 10.6. The van der Waals surface area contributed by atoms with E-state index in [4.69, 9.17) is 0 Å². The van der Waals surface area contributed by atoms with Crippen molar-refractivity contribution in [3.63, 3.8) is 0 Å². The zero-order chi connectivity index (χ0) is 7.98. The van der Waals surface area contributed by atoms with Gasteiger partial charge in [0.1, 0.15) is 0 Å². The Morgan fingerprint density at radius 2 is 2.30 bits per heavy atom. The van der Waals surface area contributed by atoms with E-state index in [9.17, 15) is 9.59 Å². The topological polar surface area (TPSA) is 52.6 Å². The van der Waals surface area contributed by atoms with Crippen LogP contribution in [0.2, 0.25) is 0 Å². The molecule has 0 rings (SSSR count). The molecule has 0 saturated heterocycles. The third-order valence-electron chi connectivity index (χ3n) is 0.878. The van der Waals surface area contributed by atoms with Crippen molar-refractivity contribution < 1.29 is 19.1 Å². The largest absolute Gasteiger partial charge is 0.463 e. The van der Waals surface area contributed by atoms with Crippen molar-refractivity contribution >= 4 is 12.4 Å². The Hall–Kier alpha value is -1.06. The van der Waals surface area contributed by atoms with Crippen LogP contribution < -0.4 is 0 Å². The molecule has 0 fully saturated rings. The molecule has 0 aliphatic carbocycles. The summed E-state index contributed by atoms with van der Waals surface area (Å²) < 4.78 is 8.83. The maximum Gasteiger partial charge on any atom is 0.347 e. The van der Waals surface area contributed by atoms with Crippen molar-refractivity contribution in [2.75, 3.05) is 6.61 Å². The summed E-state index contributed by atoms with van der Waals surface area (Å²) in [5, 5.41) is 0. The first-order chi connectivity index (χ1) is 4.72. The van der Waals surface area contributed by atoms with Gasteiger partial charge in [-0.2, -0.15) is 0 Å². The highest BCUT2D eigenvalue weighted by molar-refractivity contribution is 5.75. The third-order valence-corrected chi connectivity index (χ3v) is 0.878.